The van der Waals surface area contributed by atoms with Gasteiger partial charge in [-0.2, -0.15) is 0 Å². The first kappa shape index (κ1) is 12.8. The van der Waals surface area contributed by atoms with Crippen LogP contribution in [0, 0.1) is 17.0 Å². The van der Waals surface area contributed by atoms with Gasteiger partial charge in [-0.3, -0.25) is 14.9 Å². The highest BCUT2D eigenvalue weighted by molar-refractivity contribution is 5.92. The van der Waals surface area contributed by atoms with Gasteiger partial charge in [-0.05, 0) is 31.2 Å². The summed E-state index contributed by atoms with van der Waals surface area (Å²) in [5, 5.41) is 13.1. The fourth-order valence-electron chi connectivity index (χ4n) is 1.61. The summed E-state index contributed by atoms with van der Waals surface area (Å²) in [6, 6.07) is 9.19. The van der Waals surface area contributed by atoms with Gasteiger partial charge < -0.3 is 9.73 Å². The Hall–Kier alpha value is -2.63. The first-order valence-corrected chi connectivity index (χ1v) is 5.64. The van der Waals surface area contributed by atoms with E-state index < -0.39 is 4.92 Å². The number of nitrogens with one attached hydrogen (secondary N) is 1. The molecule has 0 radical (unpaired) electrons. The monoisotopic (exact) mass is 260 g/mol. The number of rotatable bonds is 4. The van der Waals surface area contributed by atoms with E-state index in [-0.39, 0.29) is 18.0 Å². The summed E-state index contributed by atoms with van der Waals surface area (Å²) in [6.45, 7) is 1.80. The molecule has 0 atom stereocenters. The third-order valence-corrected chi connectivity index (χ3v) is 2.49. The first-order valence-electron chi connectivity index (χ1n) is 5.64. The maximum Gasteiger partial charge on any atom is 0.269 e. The van der Waals surface area contributed by atoms with Gasteiger partial charge in [-0.1, -0.05) is 0 Å². The van der Waals surface area contributed by atoms with E-state index >= 15 is 0 Å². The third kappa shape index (κ3) is 3.41. The normalized spacial score (nSPS) is 10.2. The lowest BCUT2D eigenvalue weighted by Gasteiger charge is -2.03. The number of nitrogens with zero attached hydrogens (tertiary/aromatic N) is 1. The van der Waals surface area contributed by atoms with Gasteiger partial charge in [0.25, 0.3) is 5.69 Å². The molecule has 1 aromatic heterocycles. The number of nitro groups is 1. The van der Waals surface area contributed by atoms with Gasteiger partial charge in [-0.25, -0.2) is 0 Å². The lowest BCUT2D eigenvalue weighted by molar-refractivity contribution is -0.384. The van der Waals surface area contributed by atoms with Crippen molar-refractivity contribution < 1.29 is 14.1 Å². The average molecular weight is 260 g/mol. The van der Waals surface area contributed by atoms with Gasteiger partial charge in [0.2, 0.25) is 5.91 Å². The zero-order chi connectivity index (χ0) is 13.8. The molecule has 0 bridgehead atoms. The molecule has 6 nitrogen and oxygen atoms in total. The highest BCUT2D eigenvalue weighted by atomic mass is 16.6. The van der Waals surface area contributed by atoms with Crippen LogP contribution in [-0.2, 0) is 11.2 Å². The van der Waals surface area contributed by atoms with Crippen LogP contribution in [0.5, 0.6) is 0 Å². The molecule has 1 N–H and O–H groups in total. The van der Waals surface area contributed by atoms with E-state index in [1.807, 2.05) is 0 Å². The Morgan fingerprint density at radius 1 is 1.26 bits per heavy atom. The quantitative estimate of drug-likeness (QED) is 0.676. The van der Waals surface area contributed by atoms with E-state index in [2.05, 4.69) is 5.32 Å². The second-order valence-corrected chi connectivity index (χ2v) is 4.04. The van der Waals surface area contributed by atoms with Crippen molar-refractivity contribution in [3.05, 3.63) is 58.0 Å². The Kier molecular flexibility index (Phi) is 3.61. The molecule has 0 saturated heterocycles. The minimum atomic E-state index is -0.489. The largest absolute Gasteiger partial charge is 0.466 e. The molecule has 0 aliphatic rings. The predicted octanol–water partition coefficient (Wildman–Crippen LogP) is 2.68. The Labute approximate surface area is 109 Å². The number of non-ortho nitro benzene ring substituents is 1. The summed E-state index contributed by atoms with van der Waals surface area (Å²) >= 11 is 0. The number of carbonyl (C=O) groups excluding carboxylic acids is 1. The molecule has 0 fully saturated rings. The van der Waals surface area contributed by atoms with Gasteiger partial charge in [-0.15, -0.1) is 0 Å². The highest BCUT2D eigenvalue weighted by Gasteiger charge is 2.09. The Morgan fingerprint density at radius 2 is 1.95 bits per heavy atom. The van der Waals surface area contributed by atoms with Crippen LogP contribution in [0.15, 0.2) is 40.8 Å². The van der Waals surface area contributed by atoms with Crippen molar-refractivity contribution in [2.75, 3.05) is 5.32 Å². The summed E-state index contributed by atoms with van der Waals surface area (Å²) in [7, 11) is 0. The molecule has 0 unspecified atom stereocenters. The van der Waals surface area contributed by atoms with Crippen molar-refractivity contribution in [2.24, 2.45) is 0 Å². The molecule has 0 saturated carbocycles. The molecule has 1 amide bonds. The van der Waals surface area contributed by atoms with Crippen LogP contribution in [0.1, 0.15) is 11.5 Å². The fraction of sp³-hybridized carbons (Fsp3) is 0.154. The maximum absolute atomic E-state index is 11.7. The summed E-state index contributed by atoms with van der Waals surface area (Å²) in [5.41, 5.74) is 0.499. The zero-order valence-electron chi connectivity index (χ0n) is 10.3. The molecular weight excluding hydrogens is 248 g/mol. The van der Waals surface area contributed by atoms with E-state index in [0.717, 1.165) is 5.76 Å². The Morgan fingerprint density at radius 3 is 2.47 bits per heavy atom. The van der Waals surface area contributed by atoms with Gasteiger partial charge in [0.05, 0.1) is 11.3 Å². The van der Waals surface area contributed by atoms with Crippen LogP contribution in [0.3, 0.4) is 0 Å². The number of carbonyl (C=O) groups is 1. The van der Waals surface area contributed by atoms with Crippen molar-refractivity contribution in [1.29, 1.82) is 0 Å². The number of furan rings is 1. The van der Waals surface area contributed by atoms with E-state index in [4.69, 9.17) is 4.42 Å². The lowest BCUT2D eigenvalue weighted by atomic mass is 10.2. The predicted molar refractivity (Wildman–Crippen MR) is 68.9 cm³/mol. The highest BCUT2D eigenvalue weighted by Crippen LogP contribution is 2.16. The first-order chi connectivity index (χ1) is 9.04. The number of nitro benzene ring substituents is 1. The molecule has 2 aromatic rings. The molecule has 1 aromatic carbocycles. The van der Waals surface area contributed by atoms with E-state index in [9.17, 15) is 14.9 Å². The lowest BCUT2D eigenvalue weighted by Crippen LogP contribution is -2.13. The Balaban J connectivity index is 1.97. The van der Waals surface area contributed by atoms with E-state index in [0.29, 0.717) is 11.4 Å². The van der Waals surface area contributed by atoms with Crippen LogP contribution < -0.4 is 5.32 Å². The van der Waals surface area contributed by atoms with Gasteiger partial charge in [0.1, 0.15) is 11.5 Å². The maximum atomic E-state index is 11.7. The SMILES string of the molecule is Cc1ccc(CC(=O)Nc2ccc([N+](=O)[O-])cc2)o1. The molecule has 0 aliphatic carbocycles. The topological polar surface area (TPSA) is 85.4 Å². The summed E-state index contributed by atoms with van der Waals surface area (Å²) in [6.07, 6.45) is 0.130. The van der Waals surface area contributed by atoms with Crippen LogP contribution >= 0.6 is 0 Å². The van der Waals surface area contributed by atoms with Crippen LogP contribution in [0.25, 0.3) is 0 Å². The van der Waals surface area contributed by atoms with E-state index in [1.165, 1.54) is 24.3 Å². The molecule has 0 aliphatic heterocycles. The molecule has 0 spiro atoms. The Bertz CT molecular complexity index is 601. The second kappa shape index (κ2) is 5.34. The zero-order valence-corrected chi connectivity index (χ0v) is 10.3. The third-order valence-electron chi connectivity index (χ3n) is 2.49. The standard InChI is InChI=1S/C13H12N2O4/c1-9-2-7-12(19-9)8-13(16)14-10-3-5-11(6-4-10)15(17)18/h2-7H,8H2,1H3,(H,14,16). The van der Waals surface area contributed by atoms with Gasteiger partial charge in [0.15, 0.2) is 0 Å². The van der Waals surface area contributed by atoms with Crippen LogP contribution in [0.4, 0.5) is 11.4 Å². The number of amides is 1. The van der Waals surface area contributed by atoms with Crippen LogP contribution in [-0.4, -0.2) is 10.8 Å². The minimum Gasteiger partial charge on any atom is -0.466 e. The smallest absolute Gasteiger partial charge is 0.269 e. The average Bonchev–Trinajstić information content (AvgIpc) is 2.75. The van der Waals surface area contributed by atoms with E-state index in [1.54, 1.807) is 19.1 Å². The number of aryl methyl sites for hydroxylation is 1. The van der Waals surface area contributed by atoms with Crippen molar-refractivity contribution in [3.8, 4) is 0 Å². The summed E-state index contributed by atoms with van der Waals surface area (Å²) < 4.78 is 5.29. The number of hydrogen-bond acceptors (Lipinski definition) is 4. The fourth-order valence-corrected chi connectivity index (χ4v) is 1.61. The van der Waals surface area contributed by atoms with Crippen molar-refractivity contribution >= 4 is 17.3 Å². The molecular formula is C13H12N2O4. The van der Waals surface area contributed by atoms with Crippen molar-refractivity contribution in [3.63, 3.8) is 0 Å². The molecule has 98 valence electrons. The van der Waals surface area contributed by atoms with Crippen molar-refractivity contribution in [1.82, 2.24) is 0 Å². The van der Waals surface area contributed by atoms with Crippen LogP contribution in [0.2, 0.25) is 0 Å². The molecule has 6 heteroatoms. The van der Waals surface area contributed by atoms with Gasteiger partial charge in [0, 0.05) is 17.8 Å². The molecule has 2 rings (SSSR count). The molecule has 1 heterocycles. The number of hydrogen-bond donors (Lipinski definition) is 1. The summed E-state index contributed by atoms with van der Waals surface area (Å²) in [5.74, 6) is 1.10. The molecule has 19 heavy (non-hydrogen) atoms. The minimum absolute atomic E-state index is 0.0142. The number of anilines is 1. The number of benzene rings is 1. The second-order valence-electron chi connectivity index (χ2n) is 4.04. The van der Waals surface area contributed by atoms with Crippen molar-refractivity contribution in [2.45, 2.75) is 13.3 Å². The summed E-state index contributed by atoms with van der Waals surface area (Å²) in [4.78, 5) is 21.7. The van der Waals surface area contributed by atoms with Gasteiger partial charge >= 0.3 is 0 Å².